The first-order valence-electron chi connectivity index (χ1n) is 17.6. The fourth-order valence-electron chi connectivity index (χ4n) is 6.88. The molecule has 3 atom stereocenters. The highest BCUT2D eigenvalue weighted by Gasteiger charge is 2.31. The van der Waals surface area contributed by atoms with Gasteiger partial charge in [-0.2, -0.15) is 0 Å². The molecule has 0 radical (unpaired) electrons. The van der Waals surface area contributed by atoms with Gasteiger partial charge in [0.15, 0.2) is 0 Å². The number of ether oxygens (including phenoxy) is 3. The lowest BCUT2D eigenvalue weighted by Crippen LogP contribution is -2.56. The van der Waals surface area contributed by atoms with Crippen molar-refractivity contribution in [2.75, 3.05) is 27.9 Å². The fraction of sp³-hybridized carbons (Fsp3) is 0.341. The van der Waals surface area contributed by atoms with Crippen LogP contribution in [0.1, 0.15) is 44.2 Å². The van der Waals surface area contributed by atoms with Gasteiger partial charge in [0.2, 0.25) is 17.7 Å². The third kappa shape index (κ3) is 8.94. The van der Waals surface area contributed by atoms with Crippen LogP contribution in [-0.4, -0.2) is 75.5 Å². The van der Waals surface area contributed by atoms with Crippen LogP contribution in [0, 0.1) is 0 Å². The summed E-state index contributed by atoms with van der Waals surface area (Å²) >= 11 is 0. The molecule has 0 fully saturated rings. The molecule has 12 nitrogen and oxygen atoms in total. The van der Waals surface area contributed by atoms with Crippen LogP contribution in [-0.2, 0) is 36.8 Å². The summed E-state index contributed by atoms with van der Waals surface area (Å²) in [6.07, 6.45) is 4.96. The number of hydrogen-bond acceptors (Lipinski definition) is 8. The molecule has 1 unspecified atom stereocenters. The molecule has 0 saturated carbocycles. The van der Waals surface area contributed by atoms with Crippen LogP contribution in [0.15, 0.2) is 77.8 Å². The quantitative estimate of drug-likeness (QED) is 0.0677. The molecule has 4 aromatic carbocycles. The lowest BCUT2D eigenvalue weighted by Gasteiger charge is -2.26. The number of nitrogens with one attached hydrogen (secondary N) is 3. The predicted molar refractivity (Wildman–Crippen MR) is 206 cm³/mol. The molecule has 0 aromatic heterocycles. The summed E-state index contributed by atoms with van der Waals surface area (Å²) in [4.78, 5) is 57.7. The van der Waals surface area contributed by atoms with Crippen molar-refractivity contribution >= 4 is 51.1 Å². The second kappa shape index (κ2) is 17.5. The molecular weight excluding hydrogens is 674 g/mol. The molecule has 1 aliphatic heterocycles. The van der Waals surface area contributed by atoms with Crippen molar-refractivity contribution in [2.24, 2.45) is 10.7 Å². The van der Waals surface area contributed by atoms with Gasteiger partial charge in [-0.25, -0.2) is 4.79 Å². The van der Waals surface area contributed by atoms with E-state index in [2.05, 4.69) is 27.0 Å². The lowest BCUT2D eigenvalue weighted by molar-refractivity contribution is -0.145. The zero-order valence-corrected chi connectivity index (χ0v) is 30.8. The molecule has 4 bridgehead atoms. The smallest absolute Gasteiger partial charge is 0.328 e. The molecule has 5 rings (SSSR count). The Labute approximate surface area is 309 Å². The summed E-state index contributed by atoms with van der Waals surface area (Å²) in [5, 5.41) is 12.1. The maximum Gasteiger partial charge on any atom is 0.328 e. The van der Waals surface area contributed by atoms with Crippen molar-refractivity contribution in [1.82, 2.24) is 16.0 Å². The van der Waals surface area contributed by atoms with Gasteiger partial charge in [0.25, 0.3) is 0 Å². The third-order valence-electron chi connectivity index (χ3n) is 9.26. The average molecular weight is 722 g/mol. The highest BCUT2D eigenvalue weighted by Crippen LogP contribution is 2.48. The largest absolute Gasteiger partial charge is 0.496 e. The van der Waals surface area contributed by atoms with Crippen LogP contribution in [0.4, 0.5) is 0 Å². The van der Waals surface area contributed by atoms with E-state index in [-0.39, 0.29) is 19.3 Å². The van der Waals surface area contributed by atoms with Crippen molar-refractivity contribution in [1.29, 1.82) is 0 Å². The van der Waals surface area contributed by atoms with Gasteiger partial charge in [-0.15, -0.1) is 0 Å². The number of amidine groups is 1. The zero-order chi connectivity index (χ0) is 38.1. The van der Waals surface area contributed by atoms with Crippen LogP contribution in [0.5, 0.6) is 11.5 Å². The standard InChI is InChI=1S/C41H47N5O7/c1-24(42)43-20-12-19-32-39(48)46-33(41(50)53-5)18-11-8-15-28-21-26-13-6-9-16-30(26)35(37(28)51-3)36-31-17-10-7-14-27(31)22-29(38(36)52-4)23-34(40(49)45-32)44-25(2)47/h6-11,13-14,16-17,21-22,32-34H,12,15,18-20,23H2,1-5H3,(H2,42,43)(H,44,47)(H,45,49)(H,46,48)/b11-8-/t32-,33-,34?/m0/s1. The van der Waals surface area contributed by atoms with Gasteiger partial charge in [-0.1, -0.05) is 60.7 Å². The summed E-state index contributed by atoms with van der Waals surface area (Å²) in [6, 6.07) is 16.8. The first-order valence-corrected chi connectivity index (χ1v) is 17.6. The van der Waals surface area contributed by atoms with Gasteiger partial charge in [0.1, 0.15) is 29.6 Å². The Morgan fingerprint density at radius 3 is 2.04 bits per heavy atom. The highest BCUT2D eigenvalue weighted by molar-refractivity contribution is 6.11. The van der Waals surface area contributed by atoms with E-state index < -0.39 is 41.8 Å². The number of esters is 1. The number of nitrogens with two attached hydrogens (primary N) is 1. The Morgan fingerprint density at radius 1 is 0.849 bits per heavy atom. The Kier molecular flexibility index (Phi) is 12.7. The number of amides is 3. The molecule has 278 valence electrons. The van der Waals surface area contributed by atoms with Gasteiger partial charge in [0.05, 0.1) is 27.2 Å². The van der Waals surface area contributed by atoms with Gasteiger partial charge in [-0.3, -0.25) is 19.4 Å². The van der Waals surface area contributed by atoms with E-state index in [0.29, 0.717) is 42.3 Å². The molecule has 4 aromatic rings. The van der Waals surface area contributed by atoms with E-state index in [1.807, 2.05) is 66.7 Å². The van der Waals surface area contributed by atoms with Gasteiger partial charge in [0, 0.05) is 31.0 Å². The number of allylic oxidation sites excluding steroid dienone is 1. The average Bonchev–Trinajstić information content (AvgIpc) is 3.14. The number of rotatable bonds is 8. The Hall–Kier alpha value is -5.91. The number of nitrogens with zero attached hydrogens (tertiary/aromatic N) is 1. The SMILES string of the molecule is COC(=O)[C@@H]1C/C=C\Cc2cc3ccccc3c(c2OC)-c2c(OC)c(cc3ccccc23)CC(NC(C)=O)C(=O)N[C@@H](CCCN=C(C)N)C(=O)N1. The first kappa shape index (κ1) is 38.3. The van der Waals surface area contributed by atoms with Crippen molar-refractivity contribution in [2.45, 2.75) is 64.1 Å². The molecule has 3 amide bonds. The number of fused-ring (bicyclic) bond motifs is 9. The second-order valence-corrected chi connectivity index (χ2v) is 13.0. The predicted octanol–water partition coefficient (Wildman–Crippen LogP) is 4.53. The Morgan fingerprint density at radius 2 is 1.45 bits per heavy atom. The minimum atomic E-state index is -1.10. The molecule has 0 saturated heterocycles. The third-order valence-corrected chi connectivity index (χ3v) is 9.26. The molecule has 53 heavy (non-hydrogen) atoms. The molecule has 1 heterocycles. The van der Waals surface area contributed by atoms with E-state index >= 15 is 0 Å². The van der Waals surface area contributed by atoms with Crippen LogP contribution >= 0.6 is 0 Å². The number of carbonyl (C=O) groups excluding carboxylic acids is 4. The highest BCUT2D eigenvalue weighted by atomic mass is 16.5. The van der Waals surface area contributed by atoms with Crippen LogP contribution in [0.2, 0.25) is 0 Å². The molecule has 12 heteroatoms. The maximum absolute atomic E-state index is 14.2. The minimum Gasteiger partial charge on any atom is -0.496 e. The van der Waals surface area contributed by atoms with Crippen LogP contribution < -0.4 is 31.2 Å². The molecule has 1 aliphatic rings. The summed E-state index contributed by atoms with van der Waals surface area (Å²) in [6.45, 7) is 3.32. The normalized spacial score (nSPS) is 19.0. The van der Waals surface area contributed by atoms with E-state index in [1.54, 1.807) is 21.1 Å². The summed E-state index contributed by atoms with van der Waals surface area (Å²) in [5.41, 5.74) is 8.86. The number of aliphatic imine (C=N–C) groups is 1. The summed E-state index contributed by atoms with van der Waals surface area (Å²) in [7, 11) is 4.47. The number of carbonyl (C=O) groups is 4. The first-order chi connectivity index (χ1) is 25.6. The van der Waals surface area contributed by atoms with Crippen LogP contribution in [0.3, 0.4) is 0 Å². The zero-order valence-electron chi connectivity index (χ0n) is 30.8. The van der Waals surface area contributed by atoms with E-state index in [9.17, 15) is 19.2 Å². The van der Waals surface area contributed by atoms with Gasteiger partial charge < -0.3 is 35.9 Å². The van der Waals surface area contributed by atoms with Crippen molar-refractivity contribution in [3.8, 4) is 22.6 Å². The summed E-state index contributed by atoms with van der Waals surface area (Å²) in [5.74, 6) is -0.674. The summed E-state index contributed by atoms with van der Waals surface area (Å²) < 4.78 is 17.5. The Balaban J connectivity index is 1.75. The van der Waals surface area contributed by atoms with E-state index in [4.69, 9.17) is 19.9 Å². The van der Waals surface area contributed by atoms with Gasteiger partial charge in [-0.05, 0) is 77.4 Å². The second-order valence-electron chi connectivity index (χ2n) is 13.0. The lowest BCUT2D eigenvalue weighted by atomic mass is 9.87. The van der Waals surface area contributed by atoms with Gasteiger partial charge >= 0.3 is 5.97 Å². The van der Waals surface area contributed by atoms with Crippen molar-refractivity contribution in [3.63, 3.8) is 0 Å². The van der Waals surface area contributed by atoms with Crippen LogP contribution in [0.25, 0.3) is 32.7 Å². The number of benzene rings is 4. The van der Waals surface area contributed by atoms with E-state index in [0.717, 1.165) is 38.2 Å². The topological polar surface area (TPSA) is 170 Å². The molecular formula is C41H47N5O7. The number of methoxy groups -OCH3 is 3. The molecule has 0 spiro atoms. The maximum atomic E-state index is 14.2. The molecule has 5 N–H and O–H groups in total. The minimum absolute atomic E-state index is 0.0326. The monoisotopic (exact) mass is 721 g/mol. The van der Waals surface area contributed by atoms with Crippen molar-refractivity contribution in [3.05, 3.63) is 83.9 Å². The van der Waals surface area contributed by atoms with E-state index in [1.165, 1.54) is 14.0 Å². The van der Waals surface area contributed by atoms with Crippen molar-refractivity contribution < 1.29 is 33.4 Å². The fourth-order valence-corrected chi connectivity index (χ4v) is 6.88. The number of hydrogen-bond donors (Lipinski definition) is 4. The molecule has 0 aliphatic carbocycles. The Bertz CT molecular complexity index is 2070.